The van der Waals surface area contributed by atoms with Gasteiger partial charge in [0.05, 0.1) is 0 Å². The predicted octanol–water partition coefficient (Wildman–Crippen LogP) is 7.83. The van der Waals surface area contributed by atoms with E-state index in [9.17, 15) is 8.78 Å². The summed E-state index contributed by atoms with van der Waals surface area (Å²) in [6.07, 6.45) is 13.9. The van der Waals surface area contributed by atoms with E-state index in [1.807, 2.05) is 39.0 Å². The van der Waals surface area contributed by atoms with Gasteiger partial charge in [0, 0.05) is 18.9 Å². The summed E-state index contributed by atoms with van der Waals surface area (Å²) in [4.78, 5) is 0. The summed E-state index contributed by atoms with van der Waals surface area (Å²) in [5, 5.41) is 0. The Balaban J connectivity index is 0. The van der Waals surface area contributed by atoms with Gasteiger partial charge in [-0.25, -0.2) is 8.78 Å². The molecule has 25 heavy (non-hydrogen) atoms. The van der Waals surface area contributed by atoms with Crippen LogP contribution in [0.2, 0.25) is 0 Å². The average molecular weight is 395 g/mol. The molecule has 2 nitrogen and oxygen atoms in total. The monoisotopic (exact) mass is 394 g/mol. The summed E-state index contributed by atoms with van der Waals surface area (Å²) in [5.41, 5.74) is 1.74. The van der Waals surface area contributed by atoms with Gasteiger partial charge in [0.15, 0.2) is 0 Å². The third kappa shape index (κ3) is 16.6. The van der Waals surface area contributed by atoms with Crippen LogP contribution >= 0.6 is 24.1 Å². The quantitative estimate of drug-likeness (QED) is 0.273. The first-order chi connectivity index (χ1) is 11.9. The molecule has 1 atom stereocenters. The lowest BCUT2D eigenvalue weighted by molar-refractivity contribution is 0.515. The fourth-order valence-corrected chi connectivity index (χ4v) is 2.08. The molecule has 146 valence electrons. The van der Waals surface area contributed by atoms with E-state index in [4.69, 9.17) is 9.11 Å². The standard InChI is InChI=1S/C17H24F2.2CH4OS/c1-4-13(2)11-16(18)8-6-5-7-15-10-9-14(3)12-17(15)19;2*1-3-2/h4,9-11,14H,5-8,12H2,1-3H3;2*2H,1H3/b13-4-,16-11+;;/t14-;;/m1../s1. The minimum absolute atomic E-state index is 0.00998. The lowest BCUT2D eigenvalue weighted by Gasteiger charge is -2.14. The maximum atomic E-state index is 13.6. The molecule has 1 rings (SSSR count). The van der Waals surface area contributed by atoms with Crippen LogP contribution in [0.5, 0.6) is 0 Å². The van der Waals surface area contributed by atoms with Crippen molar-refractivity contribution in [3.8, 4) is 0 Å². The molecule has 1 aliphatic carbocycles. The predicted molar refractivity (Wildman–Crippen MR) is 110 cm³/mol. The van der Waals surface area contributed by atoms with Crippen LogP contribution in [0.4, 0.5) is 8.78 Å². The Morgan fingerprint density at radius 3 is 2.32 bits per heavy atom. The minimum atomic E-state index is -0.0853. The molecule has 1 aliphatic rings. The molecule has 0 aromatic heterocycles. The molecule has 2 N–H and O–H groups in total. The Morgan fingerprint density at radius 2 is 1.84 bits per heavy atom. The van der Waals surface area contributed by atoms with Gasteiger partial charge in [-0.15, -0.1) is 0 Å². The van der Waals surface area contributed by atoms with Crippen molar-refractivity contribution in [1.82, 2.24) is 0 Å². The Hall–Kier alpha value is -0.560. The van der Waals surface area contributed by atoms with Gasteiger partial charge in [-0.3, -0.25) is 0 Å². The van der Waals surface area contributed by atoms with Gasteiger partial charge in [-0.2, -0.15) is 0 Å². The maximum Gasteiger partial charge on any atom is 0.104 e. The van der Waals surface area contributed by atoms with Crippen molar-refractivity contribution in [3.63, 3.8) is 0 Å². The van der Waals surface area contributed by atoms with Gasteiger partial charge < -0.3 is 9.11 Å². The van der Waals surface area contributed by atoms with Crippen LogP contribution in [0.15, 0.2) is 47.1 Å². The molecule has 0 heterocycles. The van der Waals surface area contributed by atoms with Gasteiger partial charge in [-0.05, 0) is 81.2 Å². The molecule has 0 spiro atoms. The van der Waals surface area contributed by atoms with E-state index in [2.05, 4.69) is 0 Å². The van der Waals surface area contributed by atoms with Gasteiger partial charge in [0.2, 0.25) is 0 Å². The zero-order chi connectivity index (χ0) is 19.7. The molecular weight excluding hydrogens is 362 g/mol. The molecule has 0 saturated carbocycles. The molecule has 0 aliphatic heterocycles. The number of hydrogen-bond acceptors (Lipinski definition) is 4. The van der Waals surface area contributed by atoms with Crippen molar-refractivity contribution in [2.75, 3.05) is 12.5 Å². The second kappa shape index (κ2) is 18.2. The Labute approximate surface area is 160 Å². The molecular formula is C19H32F2O2S2. The van der Waals surface area contributed by atoms with E-state index in [-0.39, 0.29) is 11.7 Å². The van der Waals surface area contributed by atoms with E-state index >= 15 is 0 Å². The number of allylic oxidation sites excluding steroid dienone is 8. The summed E-state index contributed by atoms with van der Waals surface area (Å²) in [7, 11) is 0. The van der Waals surface area contributed by atoms with Crippen molar-refractivity contribution >= 4 is 24.1 Å². The molecule has 0 saturated heterocycles. The van der Waals surface area contributed by atoms with Gasteiger partial charge >= 0.3 is 0 Å². The largest absolute Gasteiger partial charge is 0.330 e. The third-order valence-corrected chi connectivity index (χ3v) is 3.43. The average Bonchev–Trinajstić information content (AvgIpc) is 2.54. The van der Waals surface area contributed by atoms with E-state index in [0.29, 0.717) is 25.2 Å². The first kappa shape index (κ1) is 26.7. The van der Waals surface area contributed by atoms with Crippen molar-refractivity contribution in [2.24, 2.45) is 5.92 Å². The van der Waals surface area contributed by atoms with Crippen LogP contribution in [-0.4, -0.2) is 21.6 Å². The van der Waals surface area contributed by atoms with Crippen LogP contribution < -0.4 is 0 Å². The topological polar surface area (TPSA) is 40.5 Å². The number of rotatable bonds is 6. The SMILES string of the molecule is C/C=C(C)\C=C(\F)CCCCC1=C(F)C[C@H](C)C=C1.CSO.CSO. The Morgan fingerprint density at radius 1 is 1.28 bits per heavy atom. The lowest BCUT2D eigenvalue weighted by Crippen LogP contribution is -1.99. The summed E-state index contributed by atoms with van der Waals surface area (Å²) in [5.74, 6) is 0.224. The summed E-state index contributed by atoms with van der Waals surface area (Å²) in [6.45, 7) is 5.79. The Kier molecular flexibility index (Phi) is 19.5. The first-order valence-electron chi connectivity index (χ1n) is 8.25. The molecule has 0 unspecified atom stereocenters. The minimum Gasteiger partial charge on any atom is -0.330 e. The number of hydrogen-bond donors (Lipinski definition) is 2. The van der Waals surface area contributed by atoms with Crippen LogP contribution in [0.3, 0.4) is 0 Å². The van der Waals surface area contributed by atoms with Crippen LogP contribution in [0.1, 0.15) is 52.9 Å². The van der Waals surface area contributed by atoms with E-state index < -0.39 is 0 Å². The molecule has 0 bridgehead atoms. The van der Waals surface area contributed by atoms with Crippen molar-refractivity contribution < 1.29 is 17.9 Å². The molecule has 0 aromatic rings. The molecule has 0 amide bonds. The van der Waals surface area contributed by atoms with Gasteiger partial charge in [0.25, 0.3) is 0 Å². The smallest absolute Gasteiger partial charge is 0.104 e. The lowest BCUT2D eigenvalue weighted by atomic mass is 9.94. The van der Waals surface area contributed by atoms with E-state index in [0.717, 1.165) is 48.1 Å². The highest BCUT2D eigenvalue weighted by Gasteiger charge is 2.12. The fraction of sp³-hybridized carbons (Fsp3) is 0.579. The summed E-state index contributed by atoms with van der Waals surface area (Å²) in [6, 6.07) is 0. The number of unbranched alkanes of at least 4 members (excludes halogenated alkanes) is 1. The first-order valence-corrected chi connectivity index (χ1v) is 10.6. The molecule has 0 radical (unpaired) electrons. The van der Waals surface area contributed by atoms with Crippen molar-refractivity contribution in [3.05, 3.63) is 47.1 Å². The normalized spacial score (nSPS) is 17.6. The highest BCUT2D eigenvalue weighted by atomic mass is 32.2. The van der Waals surface area contributed by atoms with Gasteiger partial charge in [-0.1, -0.05) is 30.7 Å². The summed E-state index contributed by atoms with van der Waals surface area (Å²) >= 11 is 1.50. The molecule has 0 aromatic carbocycles. The van der Waals surface area contributed by atoms with E-state index in [1.54, 1.807) is 18.6 Å². The number of halogens is 2. The summed E-state index contributed by atoms with van der Waals surface area (Å²) < 4.78 is 42.1. The van der Waals surface area contributed by atoms with Crippen LogP contribution in [0.25, 0.3) is 0 Å². The Bertz CT molecular complexity index is 456. The highest BCUT2D eigenvalue weighted by Crippen LogP contribution is 2.27. The fourth-order valence-electron chi connectivity index (χ4n) is 2.08. The van der Waals surface area contributed by atoms with Crippen LogP contribution in [0, 0.1) is 5.92 Å². The van der Waals surface area contributed by atoms with Crippen molar-refractivity contribution in [1.29, 1.82) is 0 Å². The maximum absolute atomic E-state index is 13.6. The van der Waals surface area contributed by atoms with Crippen LogP contribution in [-0.2, 0) is 0 Å². The van der Waals surface area contributed by atoms with Gasteiger partial charge in [0.1, 0.15) is 11.7 Å². The third-order valence-electron chi connectivity index (χ3n) is 3.43. The second-order valence-corrected chi connectivity index (χ2v) is 6.40. The zero-order valence-electron chi connectivity index (χ0n) is 15.9. The molecule has 6 heteroatoms. The highest BCUT2D eigenvalue weighted by molar-refractivity contribution is 7.93. The zero-order valence-corrected chi connectivity index (χ0v) is 17.5. The van der Waals surface area contributed by atoms with E-state index in [1.165, 1.54) is 0 Å². The molecule has 0 fully saturated rings. The second-order valence-electron chi connectivity index (χ2n) is 5.67. The van der Waals surface area contributed by atoms with Crippen molar-refractivity contribution in [2.45, 2.75) is 52.9 Å².